The highest BCUT2D eigenvalue weighted by Crippen LogP contribution is 2.51. The summed E-state index contributed by atoms with van der Waals surface area (Å²) in [6, 6.07) is 10.7. The molecule has 1 aromatic heterocycles. The first-order valence-corrected chi connectivity index (χ1v) is 13.1. The summed E-state index contributed by atoms with van der Waals surface area (Å²) in [5.41, 5.74) is -1.15. The number of pyridine rings is 1. The molecular weight excluding hydrogens is 472 g/mol. The van der Waals surface area contributed by atoms with Gasteiger partial charge in [0.15, 0.2) is 0 Å². The van der Waals surface area contributed by atoms with Crippen molar-refractivity contribution in [1.29, 1.82) is 0 Å². The average molecular weight is 511 g/mol. The van der Waals surface area contributed by atoms with Crippen molar-refractivity contribution in [3.63, 3.8) is 0 Å². The fourth-order valence-corrected chi connectivity index (χ4v) is 5.79. The lowest BCUT2D eigenvalue weighted by molar-refractivity contribution is -0.140. The van der Waals surface area contributed by atoms with E-state index in [1.54, 1.807) is 11.8 Å². The summed E-state index contributed by atoms with van der Waals surface area (Å²) in [5, 5.41) is 12.1. The van der Waals surface area contributed by atoms with Crippen LogP contribution in [0.4, 0.5) is 4.79 Å². The Balaban J connectivity index is 1.68. The summed E-state index contributed by atoms with van der Waals surface area (Å²) in [7, 11) is 0. The highest BCUT2D eigenvalue weighted by atomic mass is 16.6. The summed E-state index contributed by atoms with van der Waals surface area (Å²) in [4.78, 5) is 40.7. The largest absolute Gasteiger partial charge is 0.462 e. The Bertz CT molecular complexity index is 1190. The molecule has 0 bridgehead atoms. The second-order valence-electron chi connectivity index (χ2n) is 11.3. The topological polar surface area (TPSA) is 98.1 Å². The first kappa shape index (κ1) is 26.9. The lowest BCUT2D eigenvalue weighted by atomic mass is 9.66. The number of carbonyl (C=O) groups is 2. The van der Waals surface area contributed by atoms with Gasteiger partial charge in [0.2, 0.25) is 0 Å². The van der Waals surface area contributed by atoms with Crippen LogP contribution in [0.2, 0.25) is 0 Å². The summed E-state index contributed by atoms with van der Waals surface area (Å²) in [6.45, 7) is 8.20. The van der Waals surface area contributed by atoms with E-state index in [0.717, 1.165) is 31.2 Å². The molecule has 1 unspecified atom stereocenters. The van der Waals surface area contributed by atoms with Gasteiger partial charge in [-0.15, -0.1) is 0 Å². The Kier molecular flexibility index (Phi) is 7.51. The van der Waals surface area contributed by atoms with E-state index < -0.39 is 22.6 Å². The third-order valence-corrected chi connectivity index (χ3v) is 7.63. The molecular formula is C29H38N2O6. The second-order valence-corrected chi connectivity index (χ2v) is 11.3. The maximum Gasteiger partial charge on any atom is 0.410 e. The zero-order valence-electron chi connectivity index (χ0n) is 22.3. The van der Waals surface area contributed by atoms with E-state index in [0.29, 0.717) is 25.1 Å². The number of ether oxygens (including phenoxy) is 2. The third kappa shape index (κ3) is 5.59. The number of rotatable bonds is 5. The van der Waals surface area contributed by atoms with Crippen LogP contribution in [0.5, 0.6) is 0 Å². The second kappa shape index (κ2) is 10.3. The third-order valence-electron chi connectivity index (χ3n) is 7.63. The standard InChI is InChI=1S/C29H38N2O6/c1-5-36-25(33)23-18-31(24(32)17-22(23)21-11-7-6-8-12-21)20-29(35)15-16-30(26(34)37-27(2,3)4)19-28(29)13-9-10-14-28/h6-8,11-12,17-18,35H,5,9-10,13-16,19-20H2,1-4H3. The Labute approximate surface area is 218 Å². The maximum atomic E-state index is 13.3. The number of aromatic nitrogens is 1. The number of likely N-dealkylation sites (tertiary alicyclic amines) is 1. The van der Waals surface area contributed by atoms with Gasteiger partial charge in [-0.25, -0.2) is 9.59 Å². The van der Waals surface area contributed by atoms with Crippen molar-refractivity contribution in [2.24, 2.45) is 5.41 Å². The van der Waals surface area contributed by atoms with E-state index in [2.05, 4.69) is 0 Å². The number of amides is 1. The van der Waals surface area contributed by atoms with Crippen LogP contribution in [0.25, 0.3) is 11.1 Å². The van der Waals surface area contributed by atoms with Gasteiger partial charge >= 0.3 is 12.1 Å². The first-order chi connectivity index (χ1) is 17.5. The van der Waals surface area contributed by atoms with E-state index in [1.165, 1.54) is 16.8 Å². The summed E-state index contributed by atoms with van der Waals surface area (Å²) in [5.74, 6) is -0.516. The van der Waals surface area contributed by atoms with E-state index in [9.17, 15) is 19.5 Å². The van der Waals surface area contributed by atoms with Crippen LogP contribution in [-0.4, -0.2) is 57.5 Å². The highest BCUT2D eigenvalue weighted by Gasteiger charge is 2.56. The minimum absolute atomic E-state index is 0.0372. The Morgan fingerprint density at radius 1 is 1.08 bits per heavy atom. The number of hydrogen-bond acceptors (Lipinski definition) is 6. The molecule has 1 aromatic carbocycles. The van der Waals surface area contributed by atoms with E-state index >= 15 is 0 Å². The van der Waals surface area contributed by atoms with Gasteiger partial charge in [0.1, 0.15) is 5.60 Å². The molecule has 37 heavy (non-hydrogen) atoms. The molecule has 1 N–H and O–H groups in total. The van der Waals surface area contributed by atoms with Crippen molar-refractivity contribution < 1.29 is 24.2 Å². The van der Waals surface area contributed by atoms with Crippen LogP contribution in [-0.2, 0) is 16.0 Å². The maximum absolute atomic E-state index is 13.3. The van der Waals surface area contributed by atoms with Gasteiger partial charge in [0.25, 0.3) is 5.56 Å². The van der Waals surface area contributed by atoms with Gasteiger partial charge < -0.3 is 24.0 Å². The quantitative estimate of drug-likeness (QED) is 0.590. The fraction of sp³-hybridized carbons (Fsp3) is 0.552. The van der Waals surface area contributed by atoms with Gasteiger partial charge in [-0.3, -0.25) is 4.79 Å². The molecule has 1 saturated heterocycles. The molecule has 8 heteroatoms. The molecule has 2 aromatic rings. The molecule has 1 amide bonds. The molecule has 2 aliphatic rings. The number of aliphatic hydroxyl groups is 1. The molecule has 2 fully saturated rings. The molecule has 200 valence electrons. The number of benzene rings is 1. The zero-order chi connectivity index (χ0) is 26.8. The lowest BCUT2D eigenvalue weighted by Gasteiger charge is -2.52. The van der Waals surface area contributed by atoms with E-state index in [-0.39, 0.29) is 30.4 Å². The summed E-state index contributed by atoms with van der Waals surface area (Å²) < 4.78 is 12.3. The number of nitrogens with zero attached hydrogens (tertiary/aromatic N) is 2. The van der Waals surface area contributed by atoms with Gasteiger partial charge in [0.05, 0.1) is 24.3 Å². The average Bonchev–Trinajstić information content (AvgIpc) is 3.31. The SMILES string of the molecule is CCOC(=O)c1cn(CC2(O)CCN(C(=O)OC(C)(C)C)CC23CCCC3)c(=O)cc1-c1ccccc1. The number of esters is 1. The van der Waals surface area contributed by atoms with Crippen LogP contribution in [0.15, 0.2) is 47.4 Å². The minimum Gasteiger partial charge on any atom is -0.462 e. The van der Waals surface area contributed by atoms with Crippen molar-refractivity contribution in [2.75, 3.05) is 19.7 Å². The molecule has 4 rings (SSSR count). The van der Waals surface area contributed by atoms with Crippen molar-refractivity contribution in [1.82, 2.24) is 9.47 Å². The van der Waals surface area contributed by atoms with Crippen LogP contribution in [0, 0.1) is 5.41 Å². The van der Waals surface area contributed by atoms with Crippen LogP contribution >= 0.6 is 0 Å². The van der Waals surface area contributed by atoms with Gasteiger partial charge in [0, 0.05) is 36.3 Å². The minimum atomic E-state index is -1.22. The monoisotopic (exact) mass is 510 g/mol. The van der Waals surface area contributed by atoms with Gasteiger partial charge in [-0.05, 0) is 52.5 Å². The van der Waals surface area contributed by atoms with Gasteiger partial charge in [-0.2, -0.15) is 0 Å². The van der Waals surface area contributed by atoms with Crippen molar-refractivity contribution in [3.05, 3.63) is 58.5 Å². The molecule has 2 heterocycles. The van der Waals surface area contributed by atoms with Crippen molar-refractivity contribution in [3.8, 4) is 11.1 Å². The number of piperidine rings is 1. The van der Waals surface area contributed by atoms with Crippen LogP contribution in [0.3, 0.4) is 0 Å². The molecule has 1 saturated carbocycles. The van der Waals surface area contributed by atoms with E-state index in [4.69, 9.17) is 9.47 Å². The fourth-order valence-electron chi connectivity index (χ4n) is 5.79. The molecule has 1 aliphatic heterocycles. The Morgan fingerprint density at radius 3 is 2.38 bits per heavy atom. The Hall–Kier alpha value is -3.13. The van der Waals surface area contributed by atoms with Crippen molar-refractivity contribution in [2.45, 2.75) is 77.5 Å². The molecule has 1 aliphatic carbocycles. The Morgan fingerprint density at radius 2 is 1.76 bits per heavy atom. The van der Waals surface area contributed by atoms with Crippen LogP contribution in [0.1, 0.15) is 70.2 Å². The predicted octanol–water partition coefficient (Wildman–Crippen LogP) is 4.62. The lowest BCUT2D eigenvalue weighted by Crippen LogP contribution is -2.62. The van der Waals surface area contributed by atoms with Crippen molar-refractivity contribution >= 4 is 12.1 Å². The highest BCUT2D eigenvalue weighted by molar-refractivity contribution is 5.96. The van der Waals surface area contributed by atoms with Crippen LogP contribution < -0.4 is 5.56 Å². The molecule has 8 nitrogen and oxygen atoms in total. The molecule has 1 atom stereocenters. The normalized spacial score (nSPS) is 21.2. The number of hydrogen-bond donors (Lipinski definition) is 1. The molecule has 1 spiro atoms. The molecule has 0 radical (unpaired) electrons. The smallest absolute Gasteiger partial charge is 0.410 e. The first-order valence-electron chi connectivity index (χ1n) is 13.1. The zero-order valence-corrected chi connectivity index (χ0v) is 22.3. The van der Waals surface area contributed by atoms with E-state index in [1.807, 2.05) is 51.1 Å². The number of carbonyl (C=O) groups excluding carboxylic acids is 2. The predicted molar refractivity (Wildman–Crippen MR) is 140 cm³/mol. The van der Waals surface area contributed by atoms with Gasteiger partial charge in [-0.1, -0.05) is 43.2 Å². The summed E-state index contributed by atoms with van der Waals surface area (Å²) in [6.07, 6.45) is 4.85. The summed E-state index contributed by atoms with van der Waals surface area (Å²) >= 11 is 0.